The van der Waals surface area contributed by atoms with Crippen LogP contribution in [-0.4, -0.2) is 41.9 Å². The van der Waals surface area contributed by atoms with Crippen LogP contribution in [0, 0.1) is 18.6 Å². The monoisotopic (exact) mass is 400 g/mol. The maximum absolute atomic E-state index is 14.2. The standard InChI is InChI=1S/C22H22F2N2OS/c1-15-20-18(24)4-2-5-19(20)28-21(15)22(27)26-11-3-10-25(12-13-26)14-16-6-8-17(23)9-7-16/h2,4-9H,3,10-14H2,1H3. The van der Waals surface area contributed by atoms with Crippen LogP contribution >= 0.6 is 11.3 Å². The van der Waals surface area contributed by atoms with Crippen molar-refractivity contribution in [1.29, 1.82) is 0 Å². The van der Waals surface area contributed by atoms with Gasteiger partial charge in [0.25, 0.3) is 5.91 Å². The molecule has 0 bridgehead atoms. The maximum atomic E-state index is 14.2. The van der Waals surface area contributed by atoms with Gasteiger partial charge in [0.15, 0.2) is 0 Å². The molecule has 2 aromatic carbocycles. The molecule has 1 saturated heterocycles. The molecule has 6 heteroatoms. The second-order valence-electron chi connectivity index (χ2n) is 7.22. The number of aryl methyl sites for hydroxylation is 1. The fraction of sp³-hybridized carbons (Fsp3) is 0.318. The smallest absolute Gasteiger partial charge is 0.264 e. The summed E-state index contributed by atoms with van der Waals surface area (Å²) in [5, 5.41) is 0.559. The van der Waals surface area contributed by atoms with Gasteiger partial charge >= 0.3 is 0 Å². The van der Waals surface area contributed by atoms with Crippen LogP contribution in [0.2, 0.25) is 0 Å². The number of carbonyl (C=O) groups is 1. The Morgan fingerprint density at radius 3 is 2.57 bits per heavy atom. The molecular weight excluding hydrogens is 378 g/mol. The highest BCUT2D eigenvalue weighted by Crippen LogP contribution is 2.33. The minimum Gasteiger partial charge on any atom is -0.337 e. The highest BCUT2D eigenvalue weighted by atomic mass is 32.1. The second kappa shape index (κ2) is 7.97. The van der Waals surface area contributed by atoms with Gasteiger partial charge in [-0.05, 0) is 48.7 Å². The summed E-state index contributed by atoms with van der Waals surface area (Å²) >= 11 is 1.37. The number of nitrogens with zero attached hydrogens (tertiary/aromatic N) is 2. The highest BCUT2D eigenvalue weighted by Gasteiger charge is 2.24. The number of hydrogen-bond acceptors (Lipinski definition) is 3. The van der Waals surface area contributed by atoms with Crippen molar-refractivity contribution in [1.82, 2.24) is 9.80 Å². The van der Waals surface area contributed by atoms with Gasteiger partial charge in [-0.25, -0.2) is 8.78 Å². The highest BCUT2D eigenvalue weighted by molar-refractivity contribution is 7.21. The number of rotatable bonds is 3. The first-order valence-corrected chi connectivity index (χ1v) is 10.3. The Hall–Kier alpha value is -2.31. The SMILES string of the molecule is Cc1c(C(=O)N2CCCN(Cc3ccc(F)cc3)CC2)sc2cccc(F)c12. The lowest BCUT2D eigenvalue weighted by atomic mass is 10.1. The van der Waals surface area contributed by atoms with E-state index in [0.29, 0.717) is 23.4 Å². The molecule has 3 aromatic rings. The molecule has 1 amide bonds. The second-order valence-corrected chi connectivity index (χ2v) is 8.27. The summed E-state index contributed by atoms with van der Waals surface area (Å²) in [6.45, 7) is 5.55. The van der Waals surface area contributed by atoms with Crippen LogP contribution in [-0.2, 0) is 6.54 Å². The first kappa shape index (κ1) is 19.0. The molecule has 3 nitrogen and oxygen atoms in total. The Kier molecular flexibility index (Phi) is 5.42. The molecule has 1 aliphatic rings. The predicted molar refractivity (Wildman–Crippen MR) is 109 cm³/mol. The lowest BCUT2D eigenvalue weighted by Gasteiger charge is -2.22. The van der Waals surface area contributed by atoms with E-state index in [2.05, 4.69) is 4.90 Å². The van der Waals surface area contributed by atoms with Crippen molar-refractivity contribution < 1.29 is 13.6 Å². The average Bonchev–Trinajstić information content (AvgIpc) is 2.86. The molecule has 4 rings (SSSR count). The van der Waals surface area contributed by atoms with Crippen molar-refractivity contribution in [2.24, 2.45) is 0 Å². The van der Waals surface area contributed by atoms with E-state index in [9.17, 15) is 13.6 Å². The molecule has 1 aliphatic heterocycles. The van der Waals surface area contributed by atoms with Gasteiger partial charge in [0.2, 0.25) is 0 Å². The van der Waals surface area contributed by atoms with Crippen molar-refractivity contribution in [3.05, 3.63) is 70.1 Å². The Morgan fingerprint density at radius 1 is 1.04 bits per heavy atom. The zero-order valence-electron chi connectivity index (χ0n) is 15.8. The average molecular weight is 400 g/mol. The van der Waals surface area contributed by atoms with E-state index < -0.39 is 0 Å². The predicted octanol–water partition coefficient (Wildman–Crippen LogP) is 4.84. The fourth-order valence-corrected chi connectivity index (χ4v) is 4.97. The third-order valence-corrected chi connectivity index (χ3v) is 6.54. The Labute approximate surface area is 167 Å². The lowest BCUT2D eigenvalue weighted by Crippen LogP contribution is -2.35. The molecular formula is C22H22F2N2OS. The molecule has 0 spiro atoms. The molecule has 0 atom stereocenters. The summed E-state index contributed by atoms with van der Waals surface area (Å²) in [6, 6.07) is 11.5. The summed E-state index contributed by atoms with van der Waals surface area (Å²) in [7, 11) is 0. The maximum Gasteiger partial charge on any atom is 0.264 e. The molecule has 1 aromatic heterocycles. The van der Waals surface area contributed by atoms with Crippen LogP contribution in [0.4, 0.5) is 8.78 Å². The van der Waals surface area contributed by atoms with E-state index in [1.165, 1.54) is 29.5 Å². The van der Waals surface area contributed by atoms with Gasteiger partial charge in [0.1, 0.15) is 11.6 Å². The number of halogens is 2. The van der Waals surface area contributed by atoms with Crippen LogP contribution < -0.4 is 0 Å². The summed E-state index contributed by atoms with van der Waals surface area (Å²) in [5.41, 5.74) is 1.80. The molecule has 0 N–H and O–H groups in total. The zero-order valence-corrected chi connectivity index (χ0v) is 16.6. The molecule has 0 radical (unpaired) electrons. The topological polar surface area (TPSA) is 23.6 Å². The van der Waals surface area contributed by atoms with Gasteiger partial charge in [-0.2, -0.15) is 0 Å². The van der Waals surface area contributed by atoms with Gasteiger partial charge < -0.3 is 4.90 Å². The Bertz CT molecular complexity index is 1000. The van der Waals surface area contributed by atoms with Gasteiger partial charge in [0, 0.05) is 42.8 Å². The van der Waals surface area contributed by atoms with E-state index in [-0.39, 0.29) is 17.5 Å². The molecule has 1 fully saturated rings. The normalized spacial score (nSPS) is 15.8. The molecule has 28 heavy (non-hydrogen) atoms. The van der Waals surface area contributed by atoms with Gasteiger partial charge in [-0.3, -0.25) is 9.69 Å². The van der Waals surface area contributed by atoms with Crippen LogP contribution in [0.5, 0.6) is 0 Å². The minimum atomic E-state index is -0.272. The van der Waals surface area contributed by atoms with E-state index in [1.54, 1.807) is 18.2 Å². The summed E-state index contributed by atoms with van der Waals surface area (Å²) in [6.07, 6.45) is 0.880. The molecule has 0 saturated carbocycles. The van der Waals surface area contributed by atoms with E-state index in [1.807, 2.05) is 17.9 Å². The fourth-order valence-electron chi connectivity index (χ4n) is 3.78. The molecule has 0 aliphatic carbocycles. The van der Waals surface area contributed by atoms with Crippen molar-refractivity contribution in [2.45, 2.75) is 19.9 Å². The summed E-state index contributed by atoms with van der Waals surface area (Å²) < 4.78 is 28.1. The van der Waals surface area contributed by atoms with Gasteiger partial charge in [0.05, 0.1) is 4.88 Å². The third-order valence-electron chi connectivity index (χ3n) is 5.29. The summed E-state index contributed by atoms with van der Waals surface area (Å²) in [4.78, 5) is 17.9. The van der Waals surface area contributed by atoms with Crippen molar-refractivity contribution in [3.8, 4) is 0 Å². The van der Waals surface area contributed by atoms with Crippen LogP contribution in [0.1, 0.15) is 27.2 Å². The third kappa shape index (κ3) is 3.80. The van der Waals surface area contributed by atoms with E-state index >= 15 is 0 Å². The number of amides is 1. The largest absolute Gasteiger partial charge is 0.337 e. The van der Waals surface area contributed by atoms with Crippen LogP contribution in [0.3, 0.4) is 0 Å². The zero-order chi connectivity index (χ0) is 19.7. The van der Waals surface area contributed by atoms with E-state index in [0.717, 1.165) is 41.9 Å². The quantitative estimate of drug-likeness (QED) is 0.628. The first-order valence-electron chi connectivity index (χ1n) is 9.46. The minimum absolute atomic E-state index is 0.0123. The van der Waals surface area contributed by atoms with E-state index in [4.69, 9.17) is 0 Å². The molecule has 146 valence electrons. The number of benzene rings is 2. The van der Waals surface area contributed by atoms with Gasteiger partial charge in [-0.15, -0.1) is 11.3 Å². The van der Waals surface area contributed by atoms with Crippen molar-refractivity contribution >= 4 is 27.3 Å². The number of carbonyl (C=O) groups excluding carboxylic acids is 1. The summed E-state index contributed by atoms with van der Waals surface area (Å²) in [5.74, 6) is -0.514. The Balaban J connectivity index is 1.47. The lowest BCUT2D eigenvalue weighted by molar-refractivity contribution is 0.0765. The number of thiophene rings is 1. The number of hydrogen-bond donors (Lipinski definition) is 0. The number of fused-ring (bicyclic) bond motifs is 1. The van der Waals surface area contributed by atoms with Gasteiger partial charge in [-0.1, -0.05) is 18.2 Å². The van der Waals surface area contributed by atoms with Crippen LogP contribution in [0.25, 0.3) is 10.1 Å². The molecule has 0 unspecified atom stereocenters. The van der Waals surface area contributed by atoms with Crippen LogP contribution in [0.15, 0.2) is 42.5 Å². The molecule has 2 heterocycles. The van der Waals surface area contributed by atoms with Crippen molar-refractivity contribution in [3.63, 3.8) is 0 Å². The first-order chi connectivity index (χ1) is 13.5. The Morgan fingerprint density at radius 2 is 1.82 bits per heavy atom. The van der Waals surface area contributed by atoms with Crippen molar-refractivity contribution in [2.75, 3.05) is 26.2 Å².